The molecule has 3 unspecified atom stereocenters. The summed E-state index contributed by atoms with van der Waals surface area (Å²) in [7, 11) is 2.07. The molecule has 0 bridgehead atoms. The summed E-state index contributed by atoms with van der Waals surface area (Å²) in [6.45, 7) is 4.97. The summed E-state index contributed by atoms with van der Waals surface area (Å²) in [4.78, 5) is 2.74. The first-order chi connectivity index (χ1) is 6.33. The molecular weight excluding hydrogens is 160 g/mol. The van der Waals surface area contributed by atoms with Crippen LogP contribution < -0.4 is 5.32 Å². The second-order valence-corrected chi connectivity index (χ2v) is 4.68. The minimum Gasteiger partial charge on any atom is -0.319 e. The van der Waals surface area contributed by atoms with Crippen molar-refractivity contribution in [3.05, 3.63) is 0 Å². The maximum atomic E-state index is 3.32. The first kappa shape index (κ1) is 9.47. The van der Waals surface area contributed by atoms with Crippen LogP contribution in [-0.2, 0) is 0 Å². The van der Waals surface area contributed by atoms with E-state index in [9.17, 15) is 0 Å². The Labute approximate surface area is 83.2 Å². The average molecular weight is 184 g/mol. The highest BCUT2D eigenvalue weighted by atomic mass is 15.2. The van der Waals surface area contributed by atoms with E-state index in [1.807, 2.05) is 0 Å². The largest absolute Gasteiger partial charge is 0.319 e. The van der Waals surface area contributed by atoms with Crippen LogP contribution in [-0.4, -0.2) is 37.1 Å². The average Bonchev–Trinajstić information content (AvgIpc) is 2.46. The molecule has 0 radical (unpaired) electrons. The molecular formula is C11H24N2. The van der Waals surface area contributed by atoms with E-state index in [1.165, 1.54) is 38.8 Å². The zero-order valence-electron chi connectivity index (χ0n) is 8.92. The van der Waals surface area contributed by atoms with Gasteiger partial charge in [-0.05, 0) is 52.2 Å². The number of piperidine rings is 1. The van der Waals surface area contributed by atoms with E-state index < -0.39 is 0 Å². The molecule has 1 N–H and O–H groups in total. The Morgan fingerprint density at radius 3 is 3.00 bits per heavy atom. The molecule has 78 valence electrons. The minimum atomic E-state index is 0. The summed E-state index contributed by atoms with van der Waals surface area (Å²) in [5.41, 5.74) is 0. The second-order valence-electron chi connectivity index (χ2n) is 4.68. The maximum absolute atomic E-state index is 3.32. The van der Waals surface area contributed by atoms with Crippen LogP contribution in [0.3, 0.4) is 0 Å². The van der Waals surface area contributed by atoms with Gasteiger partial charge in [0.1, 0.15) is 0 Å². The van der Waals surface area contributed by atoms with Gasteiger partial charge in [0.05, 0.1) is 0 Å². The van der Waals surface area contributed by atoms with E-state index in [0.29, 0.717) is 0 Å². The van der Waals surface area contributed by atoms with Crippen molar-refractivity contribution in [3.8, 4) is 0 Å². The van der Waals surface area contributed by atoms with Crippen molar-refractivity contribution < 1.29 is 1.43 Å². The Hall–Kier alpha value is -0.0800. The predicted octanol–water partition coefficient (Wildman–Crippen LogP) is 1.71. The third-order valence-electron chi connectivity index (χ3n) is 3.92. The number of nitrogens with one attached hydrogen (secondary N) is 1. The fourth-order valence-corrected chi connectivity index (χ4v) is 3.15. The number of rotatable bonds is 2. The molecule has 0 amide bonds. The molecule has 0 aromatic heterocycles. The van der Waals surface area contributed by atoms with E-state index in [2.05, 4.69) is 24.2 Å². The number of fused-ring (bicyclic) bond motifs is 1. The molecule has 2 nitrogen and oxygen atoms in total. The Balaban J connectivity index is 0.000000980. The predicted molar refractivity (Wildman–Crippen MR) is 58.0 cm³/mol. The van der Waals surface area contributed by atoms with Gasteiger partial charge in [-0.2, -0.15) is 0 Å². The van der Waals surface area contributed by atoms with Crippen molar-refractivity contribution in [1.82, 2.24) is 10.2 Å². The fourth-order valence-electron chi connectivity index (χ4n) is 3.15. The van der Waals surface area contributed by atoms with Gasteiger partial charge >= 0.3 is 0 Å². The van der Waals surface area contributed by atoms with Gasteiger partial charge in [-0.3, -0.25) is 4.90 Å². The molecule has 2 heteroatoms. The normalized spacial score (nSPS) is 40.6. The summed E-state index contributed by atoms with van der Waals surface area (Å²) < 4.78 is 0. The van der Waals surface area contributed by atoms with Gasteiger partial charge in [-0.15, -0.1) is 0 Å². The summed E-state index contributed by atoms with van der Waals surface area (Å²) in [6.07, 6.45) is 5.76. The molecule has 0 spiro atoms. The molecule has 3 atom stereocenters. The van der Waals surface area contributed by atoms with Crippen LogP contribution in [0.1, 0.15) is 34.0 Å². The monoisotopic (exact) mass is 184 g/mol. The Kier molecular flexibility index (Phi) is 2.89. The molecule has 2 saturated heterocycles. The lowest BCUT2D eigenvalue weighted by Gasteiger charge is -2.32. The Morgan fingerprint density at radius 1 is 1.46 bits per heavy atom. The molecule has 0 saturated carbocycles. The van der Waals surface area contributed by atoms with Crippen LogP contribution >= 0.6 is 0 Å². The standard InChI is InChI=1S/C11H22N2.H2/c1-9-10(8-12-2)7-11-5-3-4-6-13(9)11;/h9-12H,3-8H2,1-2H3;1H. The second kappa shape index (κ2) is 3.97. The summed E-state index contributed by atoms with van der Waals surface area (Å²) >= 11 is 0. The van der Waals surface area contributed by atoms with Crippen LogP contribution in [0.25, 0.3) is 0 Å². The lowest BCUT2D eigenvalue weighted by Crippen LogP contribution is -2.40. The van der Waals surface area contributed by atoms with E-state index in [0.717, 1.165) is 18.0 Å². The van der Waals surface area contributed by atoms with Gasteiger partial charge in [0.2, 0.25) is 0 Å². The molecule has 2 fully saturated rings. The first-order valence-electron chi connectivity index (χ1n) is 5.73. The van der Waals surface area contributed by atoms with Crippen molar-refractivity contribution in [2.75, 3.05) is 20.1 Å². The SMILES string of the molecule is CNCC1CC2CCCCN2C1C.[HH]. The van der Waals surface area contributed by atoms with Crippen molar-refractivity contribution in [3.63, 3.8) is 0 Å². The zero-order valence-corrected chi connectivity index (χ0v) is 8.92. The minimum absolute atomic E-state index is 0. The maximum Gasteiger partial charge on any atom is 0.0111 e. The van der Waals surface area contributed by atoms with Crippen LogP contribution in [0.4, 0.5) is 0 Å². The third-order valence-corrected chi connectivity index (χ3v) is 3.92. The van der Waals surface area contributed by atoms with Gasteiger partial charge in [0.15, 0.2) is 0 Å². The number of hydrogen-bond donors (Lipinski definition) is 1. The first-order valence-corrected chi connectivity index (χ1v) is 5.73. The number of hydrogen-bond acceptors (Lipinski definition) is 2. The van der Waals surface area contributed by atoms with Crippen LogP contribution in [0.2, 0.25) is 0 Å². The Bertz CT molecular complexity index is 175. The van der Waals surface area contributed by atoms with Crippen molar-refractivity contribution >= 4 is 0 Å². The zero-order chi connectivity index (χ0) is 9.26. The van der Waals surface area contributed by atoms with E-state index in [-0.39, 0.29) is 1.43 Å². The summed E-state index contributed by atoms with van der Waals surface area (Å²) in [6, 6.07) is 1.74. The lowest BCUT2D eigenvalue weighted by atomic mass is 9.98. The topological polar surface area (TPSA) is 15.3 Å². The highest BCUT2D eigenvalue weighted by Crippen LogP contribution is 2.34. The summed E-state index contributed by atoms with van der Waals surface area (Å²) in [5, 5.41) is 3.32. The highest BCUT2D eigenvalue weighted by molar-refractivity contribution is 4.93. The van der Waals surface area contributed by atoms with Gasteiger partial charge in [-0.1, -0.05) is 6.42 Å². The quantitative estimate of drug-likeness (QED) is 0.703. The van der Waals surface area contributed by atoms with E-state index in [4.69, 9.17) is 0 Å². The number of nitrogens with zero attached hydrogens (tertiary/aromatic N) is 1. The van der Waals surface area contributed by atoms with Crippen molar-refractivity contribution in [2.45, 2.75) is 44.7 Å². The highest BCUT2D eigenvalue weighted by Gasteiger charge is 2.38. The van der Waals surface area contributed by atoms with Crippen LogP contribution in [0.5, 0.6) is 0 Å². The van der Waals surface area contributed by atoms with Crippen molar-refractivity contribution in [1.29, 1.82) is 0 Å². The van der Waals surface area contributed by atoms with E-state index in [1.54, 1.807) is 0 Å². The van der Waals surface area contributed by atoms with Crippen LogP contribution in [0, 0.1) is 5.92 Å². The fraction of sp³-hybridized carbons (Fsp3) is 1.00. The molecule has 13 heavy (non-hydrogen) atoms. The molecule has 2 rings (SSSR count). The Morgan fingerprint density at radius 2 is 2.31 bits per heavy atom. The van der Waals surface area contributed by atoms with Crippen LogP contribution in [0.15, 0.2) is 0 Å². The van der Waals surface area contributed by atoms with E-state index >= 15 is 0 Å². The molecule has 2 aliphatic heterocycles. The smallest absolute Gasteiger partial charge is 0.0111 e. The summed E-state index contributed by atoms with van der Waals surface area (Å²) in [5.74, 6) is 0.896. The third kappa shape index (κ3) is 1.75. The molecule has 0 aromatic carbocycles. The lowest BCUT2D eigenvalue weighted by molar-refractivity contribution is 0.150. The molecule has 2 heterocycles. The van der Waals surface area contributed by atoms with Gasteiger partial charge in [-0.25, -0.2) is 0 Å². The molecule has 2 aliphatic rings. The molecule has 0 aliphatic carbocycles. The van der Waals surface area contributed by atoms with Crippen molar-refractivity contribution in [2.24, 2.45) is 5.92 Å². The molecule has 0 aromatic rings. The van der Waals surface area contributed by atoms with Gasteiger partial charge in [0, 0.05) is 13.5 Å². The van der Waals surface area contributed by atoms with Gasteiger partial charge in [0.25, 0.3) is 0 Å². The van der Waals surface area contributed by atoms with Gasteiger partial charge < -0.3 is 5.32 Å².